The third-order valence-electron chi connectivity index (χ3n) is 5.71. The Morgan fingerprint density at radius 3 is 2.19 bits per heavy atom. The number of aryl methyl sites for hydroxylation is 2. The molecular formula is C28H22N4O3S. The van der Waals surface area contributed by atoms with Crippen LogP contribution in [0.4, 0.5) is 11.6 Å². The van der Waals surface area contributed by atoms with Gasteiger partial charge in [0.25, 0.3) is 0 Å². The molecule has 5 aromatic rings. The number of benzene rings is 3. The van der Waals surface area contributed by atoms with Crippen molar-refractivity contribution < 1.29 is 9.34 Å². The van der Waals surface area contributed by atoms with Crippen molar-refractivity contribution >= 4 is 29.1 Å². The minimum atomic E-state index is -0.573. The molecule has 5 rings (SSSR count). The van der Waals surface area contributed by atoms with E-state index in [0.717, 1.165) is 39.2 Å². The first-order valence-corrected chi connectivity index (χ1v) is 12.1. The monoisotopic (exact) mass is 494 g/mol. The largest absolute Gasteiger partial charge is 0.433 e. The van der Waals surface area contributed by atoms with Crippen LogP contribution in [0.25, 0.3) is 22.4 Å². The summed E-state index contributed by atoms with van der Waals surface area (Å²) in [6.07, 6.45) is 1.46. The Labute approximate surface area is 211 Å². The average Bonchev–Trinajstić information content (AvgIpc) is 3.53. The molecule has 0 radical (unpaired) electrons. The van der Waals surface area contributed by atoms with Crippen LogP contribution in [0.5, 0.6) is 0 Å². The number of hydrogen-bond donors (Lipinski definition) is 0. The number of para-hydroxylation sites is 1. The molecule has 0 aliphatic rings. The fourth-order valence-electron chi connectivity index (χ4n) is 3.85. The molecule has 0 saturated carbocycles. The zero-order valence-electron chi connectivity index (χ0n) is 19.7. The molecule has 2 aromatic heterocycles. The van der Waals surface area contributed by atoms with Gasteiger partial charge in [0.05, 0.1) is 23.7 Å². The minimum absolute atomic E-state index is 0.281. The number of aromatic nitrogens is 1. The highest BCUT2D eigenvalue weighted by molar-refractivity contribution is 7.07. The van der Waals surface area contributed by atoms with E-state index in [4.69, 9.17) is 9.41 Å². The van der Waals surface area contributed by atoms with Crippen LogP contribution >= 0.6 is 11.3 Å². The van der Waals surface area contributed by atoms with Crippen molar-refractivity contribution in [3.8, 4) is 22.4 Å². The van der Waals surface area contributed by atoms with Crippen LogP contribution < -0.4 is 4.80 Å². The lowest BCUT2D eigenvalue weighted by Crippen LogP contribution is -2.11. The summed E-state index contributed by atoms with van der Waals surface area (Å²) in [6, 6.07) is 27.3. The van der Waals surface area contributed by atoms with Gasteiger partial charge in [-0.05, 0) is 42.2 Å². The van der Waals surface area contributed by atoms with E-state index in [-0.39, 0.29) is 11.6 Å². The second kappa shape index (κ2) is 9.97. The molecule has 0 aliphatic heterocycles. The molecule has 0 N–H and O–H groups in total. The van der Waals surface area contributed by atoms with Gasteiger partial charge in [-0.3, -0.25) is 10.1 Å². The normalized spacial score (nSPS) is 11.9. The third kappa shape index (κ3) is 4.80. The molecule has 0 spiro atoms. The van der Waals surface area contributed by atoms with E-state index in [9.17, 15) is 10.1 Å². The summed E-state index contributed by atoms with van der Waals surface area (Å²) in [5.74, 6) is -0.0484. The summed E-state index contributed by atoms with van der Waals surface area (Å²) < 4.78 is 7.00. The Morgan fingerprint density at radius 1 is 0.861 bits per heavy atom. The van der Waals surface area contributed by atoms with E-state index in [1.807, 2.05) is 55.6 Å². The molecule has 3 aromatic carbocycles. The van der Waals surface area contributed by atoms with Crippen LogP contribution in [0, 0.1) is 24.0 Å². The Balaban J connectivity index is 1.60. The summed E-state index contributed by atoms with van der Waals surface area (Å²) >= 11 is 1.47. The first-order valence-electron chi connectivity index (χ1n) is 11.3. The molecule has 8 heteroatoms. The fraction of sp³-hybridized carbons (Fsp3) is 0.0714. The number of furan rings is 1. The Bertz CT molecular complexity index is 1610. The second-order valence-corrected chi connectivity index (χ2v) is 9.03. The first-order chi connectivity index (χ1) is 17.5. The number of hydrogen-bond acceptors (Lipinski definition) is 6. The molecule has 36 heavy (non-hydrogen) atoms. The Hall–Kier alpha value is -4.56. The smallest absolute Gasteiger partial charge is 0.400 e. The molecular weight excluding hydrogens is 472 g/mol. The number of rotatable bonds is 6. The van der Waals surface area contributed by atoms with Gasteiger partial charge < -0.3 is 4.42 Å². The van der Waals surface area contributed by atoms with E-state index in [1.54, 1.807) is 4.68 Å². The summed E-state index contributed by atoms with van der Waals surface area (Å²) in [4.78, 5) is 16.0. The molecule has 0 atom stereocenters. The highest BCUT2D eigenvalue weighted by atomic mass is 32.1. The number of thiazole rings is 1. The average molecular weight is 495 g/mol. The quantitative estimate of drug-likeness (QED) is 0.143. The van der Waals surface area contributed by atoms with Gasteiger partial charge in [-0.2, -0.15) is 5.10 Å². The predicted octanol–water partition coefficient (Wildman–Crippen LogP) is 7.12. The molecule has 0 saturated heterocycles. The lowest BCUT2D eigenvalue weighted by atomic mass is 10.0. The van der Waals surface area contributed by atoms with Gasteiger partial charge in [0.2, 0.25) is 4.80 Å². The van der Waals surface area contributed by atoms with Crippen molar-refractivity contribution in [2.75, 3.05) is 0 Å². The van der Waals surface area contributed by atoms with Gasteiger partial charge in [-0.25, -0.2) is 9.67 Å². The topological polar surface area (TPSA) is 85.9 Å². The van der Waals surface area contributed by atoms with Crippen molar-refractivity contribution in [2.45, 2.75) is 13.8 Å². The van der Waals surface area contributed by atoms with Crippen LogP contribution in [-0.2, 0) is 0 Å². The maximum atomic E-state index is 11.0. The van der Waals surface area contributed by atoms with E-state index < -0.39 is 4.92 Å². The maximum Gasteiger partial charge on any atom is 0.433 e. The van der Waals surface area contributed by atoms with Crippen molar-refractivity contribution in [2.24, 2.45) is 10.1 Å². The Morgan fingerprint density at radius 2 is 1.53 bits per heavy atom. The summed E-state index contributed by atoms with van der Waals surface area (Å²) in [7, 11) is 0. The number of nitrogens with zero attached hydrogens (tertiary/aromatic N) is 4. The van der Waals surface area contributed by atoms with Crippen LogP contribution in [-0.4, -0.2) is 15.8 Å². The zero-order chi connectivity index (χ0) is 25.1. The predicted molar refractivity (Wildman–Crippen MR) is 143 cm³/mol. The van der Waals surface area contributed by atoms with Crippen LogP contribution in [0.1, 0.15) is 16.9 Å². The van der Waals surface area contributed by atoms with E-state index >= 15 is 0 Å². The molecule has 2 heterocycles. The van der Waals surface area contributed by atoms with E-state index in [2.05, 4.69) is 41.5 Å². The maximum absolute atomic E-state index is 11.0. The van der Waals surface area contributed by atoms with Crippen molar-refractivity contribution in [1.29, 1.82) is 0 Å². The van der Waals surface area contributed by atoms with E-state index in [1.165, 1.54) is 29.7 Å². The van der Waals surface area contributed by atoms with Gasteiger partial charge in [0.1, 0.15) is 4.92 Å². The summed E-state index contributed by atoms with van der Waals surface area (Å²) in [6.45, 7) is 4.05. The van der Waals surface area contributed by atoms with Gasteiger partial charge in [-0.1, -0.05) is 72.8 Å². The van der Waals surface area contributed by atoms with Crippen molar-refractivity contribution in [3.63, 3.8) is 0 Å². The molecule has 0 amide bonds. The van der Waals surface area contributed by atoms with Crippen LogP contribution in [0.3, 0.4) is 0 Å². The van der Waals surface area contributed by atoms with Gasteiger partial charge in [0.15, 0.2) is 5.76 Å². The third-order valence-corrected chi connectivity index (χ3v) is 6.53. The highest BCUT2D eigenvalue weighted by Crippen LogP contribution is 2.27. The van der Waals surface area contributed by atoms with E-state index in [0.29, 0.717) is 4.80 Å². The number of nitro groups is 1. The second-order valence-electron chi connectivity index (χ2n) is 8.19. The van der Waals surface area contributed by atoms with Crippen molar-refractivity contribution in [1.82, 2.24) is 4.68 Å². The lowest BCUT2D eigenvalue weighted by Gasteiger charge is -2.07. The zero-order valence-corrected chi connectivity index (χ0v) is 20.5. The molecule has 0 fully saturated rings. The lowest BCUT2D eigenvalue weighted by molar-refractivity contribution is -0.402. The summed E-state index contributed by atoms with van der Waals surface area (Å²) in [5, 5.41) is 17.6. The molecule has 178 valence electrons. The summed E-state index contributed by atoms with van der Waals surface area (Å²) in [5.41, 5.74) is 7.10. The van der Waals surface area contributed by atoms with Gasteiger partial charge in [0, 0.05) is 10.9 Å². The highest BCUT2D eigenvalue weighted by Gasteiger charge is 2.12. The Kier molecular flexibility index (Phi) is 6.42. The van der Waals surface area contributed by atoms with Crippen LogP contribution in [0.2, 0.25) is 0 Å². The fourth-order valence-corrected chi connectivity index (χ4v) is 4.70. The SMILES string of the molecule is Cc1cccc(C)c1N=c1scc(-c2ccc(-c3ccccc3)cc2)n1N=Cc1ccc([N+](=O)[O-])o1. The standard InChI is InChI=1S/C28H22N4O3S/c1-19-7-6-8-20(2)27(19)30-28-31(29-17-24-15-16-26(35-24)32(33)34)25(18-36-28)23-13-11-22(12-14-23)21-9-4-3-5-10-21/h3-18H,1-2H3. The molecule has 0 unspecified atom stereocenters. The minimum Gasteiger partial charge on any atom is -0.400 e. The molecule has 0 bridgehead atoms. The first kappa shape index (κ1) is 23.2. The van der Waals surface area contributed by atoms with Crippen LogP contribution in [0.15, 0.2) is 105 Å². The van der Waals surface area contributed by atoms with Crippen molar-refractivity contribution in [3.05, 3.63) is 122 Å². The van der Waals surface area contributed by atoms with Gasteiger partial charge in [-0.15, -0.1) is 11.3 Å². The molecule has 7 nitrogen and oxygen atoms in total. The van der Waals surface area contributed by atoms with Gasteiger partial charge >= 0.3 is 5.88 Å². The molecule has 0 aliphatic carbocycles.